The molecule has 25 heavy (non-hydrogen) atoms. The van der Waals surface area contributed by atoms with Crippen molar-refractivity contribution in [1.29, 1.82) is 0 Å². The maximum atomic E-state index is 12.2. The van der Waals surface area contributed by atoms with Crippen LogP contribution in [-0.2, 0) is 11.2 Å². The van der Waals surface area contributed by atoms with Gasteiger partial charge in [0.25, 0.3) is 0 Å². The standard InChI is InChI=1S/C21H25ClN2O/c1-15-5-3-4-6-18(15)11-21(25)23-13-17-9-10-24(14-17)20-12-19(22)8-7-16(20)2/h3-8,12,17H,9-11,13-14H2,1-2H3,(H,23,25). The van der Waals surface area contributed by atoms with Crippen LogP contribution in [-0.4, -0.2) is 25.5 Å². The van der Waals surface area contributed by atoms with E-state index >= 15 is 0 Å². The average Bonchev–Trinajstić information content (AvgIpc) is 3.06. The first-order valence-electron chi connectivity index (χ1n) is 8.85. The molecular weight excluding hydrogens is 332 g/mol. The van der Waals surface area contributed by atoms with Crippen LogP contribution in [0.3, 0.4) is 0 Å². The highest BCUT2D eigenvalue weighted by atomic mass is 35.5. The number of amides is 1. The second-order valence-corrected chi connectivity index (χ2v) is 7.38. The van der Waals surface area contributed by atoms with Crippen molar-refractivity contribution in [2.75, 3.05) is 24.5 Å². The van der Waals surface area contributed by atoms with E-state index in [0.29, 0.717) is 12.3 Å². The van der Waals surface area contributed by atoms with Gasteiger partial charge in [-0.15, -0.1) is 0 Å². The van der Waals surface area contributed by atoms with Gasteiger partial charge in [-0.05, 0) is 55.0 Å². The Bertz CT molecular complexity index is 759. The number of benzene rings is 2. The molecule has 0 spiro atoms. The number of nitrogens with one attached hydrogen (secondary N) is 1. The Morgan fingerprint density at radius 3 is 2.80 bits per heavy atom. The third-order valence-electron chi connectivity index (χ3n) is 5.00. The van der Waals surface area contributed by atoms with E-state index in [1.165, 1.54) is 16.8 Å². The monoisotopic (exact) mass is 356 g/mol. The van der Waals surface area contributed by atoms with Crippen molar-refractivity contribution in [3.63, 3.8) is 0 Å². The molecule has 1 fully saturated rings. The summed E-state index contributed by atoms with van der Waals surface area (Å²) in [5.41, 5.74) is 4.72. The predicted molar refractivity (Wildman–Crippen MR) is 104 cm³/mol. The lowest BCUT2D eigenvalue weighted by Crippen LogP contribution is -2.32. The summed E-state index contributed by atoms with van der Waals surface area (Å²) in [6, 6.07) is 14.1. The third-order valence-corrected chi connectivity index (χ3v) is 5.23. The summed E-state index contributed by atoms with van der Waals surface area (Å²) in [7, 11) is 0. The van der Waals surface area contributed by atoms with E-state index in [4.69, 9.17) is 11.6 Å². The van der Waals surface area contributed by atoms with E-state index < -0.39 is 0 Å². The van der Waals surface area contributed by atoms with E-state index in [0.717, 1.165) is 36.6 Å². The van der Waals surface area contributed by atoms with E-state index in [9.17, 15) is 4.79 Å². The highest BCUT2D eigenvalue weighted by molar-refractivity contribution is 6.30. The first-order chi connectivity index (χ1) is 12.0. The van der Waals surface area contributed by atoms with Crippen molar-refractivity contribution in [2.24, 2.45) is 5.92 Å². The normalized spacial score (nSPS) is 16.9. The van der Waals surface area contributed by atoms with Gasteiger partial charge < -0.3 is 10.2 Å². The van der Waals surface area contributed by atoms with Crippen LogP contribution in [0.15, 0.2) is 42.5 Å². The van der Waals surface area contributed by atoms with E-state index in [1.807, 2.05) is 43.3 Å². The summed E-state index contributed by atoms with van der Waals surface area (Å²) >= 11 is 6.14. The summed E-state index contributed by atoms with van der Waals surface area (Å²) in [5.74, 6) is 0.589. The van der Waals surface area contributed by atoms with Gasteiger partial charge in [0.05, 0.1) is 6.42 Å². The molecule has 1 N–H and O–H groups in total. The minimum atomic E-state index is 0.103. The highest BCUT2D eigenvalue weighted by Gasteiger charge is 2.24. The maximum Gasteiger partial charge on any atom is 0.224 e. The van der Waals surface area contributed by atoms with Crippen molar-refractivity contribution in [3.8, 4) is 0 Å². The van der Waals surface area contributed by atoms with Crippen molar-refractivity contribution in [1.82, 2.24) is 5.32 Å². The van der Waals surface area contributed by atoms with Gasteiger partial charge in [0, 0.05) is 30.3 Å². The Hall–Kier alpha value is -2.00. The van der Waals surface area contributed by atoms with Crippen LogP contribution in [0.1, 0.15) is 23.1 Å². The summed E-state index contributed by atoms with van der Waals surface area (Å²) in [5, 5.41) is 3.88. The van der Waals surface area contributed by atoms with Crippen LogP contribution in [0.2, 0.25) is 5.02 Å². The summed E-state index contributed by atoms with van der Waals surface area (Å²) < 4.78 is 0. The molecule has 0 aliphatic carbocycles. The fourth-order valence-corrected chi connectivity index (χ4v) is 3.61. The summed E-state index contributed by atoms with van der Waals surface area (Å²) in [6.45, 7) is 6.87. The molecule has 0 radical (unpaired) electrons. The smallest absolute Gasteiger partial charge is 0.224 e. The van der Waals surface area contributed by atoms with Gasteiger partial charge >= 0.3 is 0 Å². The van der Waals surface area contributed by atoms with Crippen LogP contribution < -0.4 is 10.2 Å². The van der Waals surface area contributed by atoms with Gasteiger partial charge in [0.1, 0.15) is 0 Å². The van der Waals surface area contributed by atoms with Crippen LogP contribution in [0.4, 0.5) is 5.69 Å². The molecule has 1 unspecified atom stereocenters. The highest BCUT2D eigenvalue weighted by Crippen LogP contribution is 2.29. The van der Waals surface area contributed by atoms with Gasteiger partial charge in [-0.1, -0.05) is 41.9 Å². The largest absolute Gasteiger partial charge is 0.371 e. The molecule has 1 aliphatic heterocycles. The Kier molecular flexibility index (Phi) is 5.64. The quantitative estimate of drug-likeness (QED) is 0.873. The van der Waals surface area contributed by atoms with Gasteiger partial charge in [-0.3, -0.25) is 4.79 Å². The van der Waals surface area contributed by atoms with Crippen LogP contribution in [0, 0.1) is 19.8 Å². The minimum Gasteiger partial charge on any atom is -0.371 e. The Morgan fingerprint density at radius 1 is 1.20 bits per heavy atom. The number of carbonyl (C=O) groups excluding carboxylic acids is 1. The molecule has 1 atom stereocenters. The van der Waals surface area contributed by atoms with Crippen molar-refractivity contribution >= 4 is 23.2 Å². The van der Waals surface area contributed by atoms with Gasteiger partial charge in [0.2, 0.25) is 5.91 Å². The molecule has 3 rings (SSSR count). The summed E-state index contributed by atoms with van der Waals surface area (Å²) in [6.07, 6.45) is 1.55. The molecule has 0 aromatic heterocycles. The molecule has 4 heteroatoms. The Balaban J connectivity index is 1.51. The molecule has 0 saturated carbocycles. The Labute approximate surface area is 155 Å². The van der Waals surface area contributed by atoms with E-state index in [2.05, 4.69) is 23.2 Å². The number of nitrogens with zero attached hydrogens (tertiary/aromatic N) is 1. The number of anilines is 1. The van der Waals surface area contributed by atoms with Crippen molar-refractivity contribution < 1.29 is 4.79 Å². The lowest BCUT2D eigenvalue weighted by Gasteiger charge is -2.21. The fraction of sp³-hybridized carbons (Fsp3) is 0.381. The maximum absolute atomic E-state index is 12.2. The van der Waals surface area contributed by atoms with Gasteiger partial charge in [-0.2, -0.15) is 0 Å². The molecule has 1 saturated heterocycles. The van der Waals surface area contributed by atoms with Gasteiger partial charge in [0.15, 0.2) is 0 Å². The molecular formula is C21H25ClN2O. The Morgan fingerprint density at radius 2 is 2.00 bits per heavy atom. The molecule has 2 aromatic rings. The molecule has 2 aromatic carbocycles. The zero-order chi connectivity index (χ0) is 17.8. The molecule has 0 bridgehead atoms. The molecule has 132 valence electrons. The van der Waals surface area contributed by atoms with Crippen LogP contribution in [0.5, 0.6) is 0 Å². The second kappa shape index (κ2) is 7.92. The lowest BCUT2D eigenvalue weighted by molar-refractivity contribution is -0.120. The topological polar surface area (TPSA) is 32.3 Å². The molecule has 1 aliphatic rings. The van der Waals surface area contributed by atoms with E-state index in [-0.39, 0.29) is 5.91 Å². The molecule has 1 amide bonds. The number of carbonyl (C=O) groups is 1. The fourth-order valence-electron chi connectivity index (χ4n) is 3.44. The van der Waals surface area contributed by atoms with E-state index in [1.54, 1.807) is 0 Å². The van der Waals surface area contributed by atoms with Crippen molar-refractivity contribution in [3.05, 3.63) is 64.2 Å². The number of aryl methyl sites for hydroxylation is 2. The predicted octanol–water partition coefficient (Wildman–Crippen LogP) is 4.14. The zero-order valence-corrected chi connectivity index (χ0v) is 15.6. The van der Waals surface area contributed by atoms with Crippen molar-refractivity contribution in [2.45, 2.75) is 26.7 Å². The second-order valence-electron chi connectivity index (χ2n) is 6.94. The lowest BCUT2D eigenvalue weighted by atomic mass is 10.1. The summed E-state index contributed by atoms with van der Waals surface area (Å²) in [4.78, 5) is 14.6. The number of halogens is 1. The number of rotatable bonds is 5. The van der Waals surface area contributed by atoms with Gasteiger partial charge in [-0.25, -0.2) is 0 Å². The first kappa shape index (κ1) is 17.8. The number of hydrogen-bond acceptors (Lipinski definition) is 2. The molecule has 1 heterocycles. The first-order valence-corrected chi connectivity index (χ1v) is 9.23. The molecule has 3 nitrogen and oxygen atoms in total. The average molecular weight is 357 g/mol. The van der Waals surface area contributed by atoms with Crippen LogP contribution in [0.25, 0.3) is 0 Å². The minimum absolute atomic E-state index is 0.103. The van der Waals surface area contributed by atoms with Crippen LogP contribution >= 0.6 is 11.6 Å². The number of hydrogen-bond donors (Lipinski definition) is 1. The SMILES string of the molecule is Cc1ccccc1CC(=O)NCC1CCN(c2cc(Cl)ccc2C)C1. The third kappa shape index (κ3) is 4.55. The zero-order valence-electron chi connectivity index (χ0n) is 14.9.